The number of ether oxygens (including phenoxy) is 2. The van der Waals surface area contributed by atoms with Crippen LogP contribution in [0.1, 0.15) is 22.3 Å². The molecule has 2 saturated heterocycles. The molecule has 1 aromatic heterocycles. The van der Waals surface area contributed by atoms with Crippen molar-refractivity contribution in [3.05, 3.63) is 29.6 Å². The summed E-state index contributed by atoms with van der Waals surface area (Å²) in [4.78, 5) is 39.4. The van der Waals surface area contributed by atoms with Gasteiger partial charge in [-0.25, -0.2) is 9.59 Å². The largest absolute Gasteiger partial charge is 0.490 e. The molecule has 1 amide bonds. The van der Waals surface area contributed by atoms with Gasteiger partial charge in [0, 0.05) is 58.7 Å². The molecule has 16 heteroatoms. The quantitative estimate of drug-likeness (QED) is 0.521. The van der Waals surface area contributed by atoms with Crippen LogP contribution in [0.4, 0.5) is 26.3 Å². The van der Waals surface area contributed by atoms with Crippen molar-refractivity contribution in [2.45, 2.75) is 37.8 Å². The van der Waals surface area contributed by atoms with Crippen molar-refractivity contribution in [3.63, 3.8) is 0 Å². The zero-order valence-corrected chi connectivity index (χ0v) is 20.8. The van der Waals surface area contributed by atoms with Crippen LogP contribution in [0.15, 0.2) is 18.5 Å². The highest BCUT2D eigenvalue weighted by molar-refractivity contribution is 5.94. The van der Waals surface area contributed by atoms with E-state index in [0.29, 0.717) is 18.1 Å². The number of hydrogen-bond acceptors (Lipinski definition) is 7. The number of hydrogen-bond donors (Lipinski definition) is 2. The molecule has 0 aromatic carbocycles. The minimum absolute atomic E-state index is 0.0874. The number of likely N-dealkylation sites (tertiary alicyclic amines) is 2. The third-order valence-electron chi connectivity index (χ3n) is 5.72. The van der Waals surface area contributed by atoms with Gasteiger partial charge in [0.05, 0.1) is 24.3 Å². The van der Waals surface area contributed by atoms with Gasteiger partial charge >= 0.3 is 24.3 Å². The lowest BCUT2D eigenvalue weighted by Gasteiger charge is -2.41. The summed E-state index contributed by atoms with van der Waals surface area (Å²) in [6.45, 7) is 6.17. The SMILES string of the molecule is COCCN1C[C@@H]2[C@@H](OC)CCN(C(=O)c3cncc(C)c3)[C@@H]2C1.O=C(O)C(F)(F)F.O=C(O)C(F)(F)F. The summed E-state index contributed by atoms with van der Waals surface area (Å²) < 4.78 is 74.4. The van der Waals surface area contributed by atoms with E-state index in [4.69, 9.17) is 29.3 Å². The number of fused-ring (bicyclic) bond motifs is 1. The molecule has 0 saturated carbocycles. The van der Waals surface area contributed by atoms with Crippen LogP contribution in [-0.4, -0.2) is 114 Å². The van der Waals surface area contributed by atoms with Gasteiger partial charge in [-0.15, -0.1) is 0 Å². The second-order valence-corrected chi connectivity index (χ2v) is 8.40. The van der Waals surface area contributed by atoms with Crippen molar-refractivity contribution in [2.75, 3.05) is 47.0 Å². The lowest BCUT2D eigenvalue weighted by atomic mass is 9.88. The van der Waals surface area contributed by atoms with E-state index < -0.39 is 24.3 Å². The third-order valence-corrected chi connectivity index (χ3v) is 5.72. The van der Waals surface area contributed by atoms with Crippen LogP contribution in [-0.2, 0) is 19.1 Å². The summed E-state index contributed by atoms with van der Waals surface area (Å²) in [6.07, 6.45) is -5.61. The maximum atomic E-state index is 13.0. The molecule has 0 bridgehead atoms. The molecule has 2 N–H and O–H groups in total. The molecule has 3 heterocycles. The molecule has 38 heavy (non-hydrogen) atoms. The zero-order chi connectivity index (χ0) is 29.3. The Hall–Kier alpha value is -2.98. The molecule has 3 atom stereocenters. The van der Waals surface area contributed by atoms with Crippen LogP contribution in [0.25, 0.3) is 0 Å². The van der Waals surface area contributed by atoms with E-state index in [9.17, 15) is 31.1 Å². The average molecular weight is 561 g/mol. The van der Waals surface area contributed by atoms with Crippen LogP contribution >= 0.6 is 0 Å². The lowest BCUT2D eigenvalue weighted by Crippen LogP contribution is -2.53. The summed E-state index contributed by atoms with van der Waals surface area (Å²) in [6, 6.07) is 2.12. The topological polar surface area (TPSA) is 130 Å². The smallest absolute Gasteiger partial charge is 0.475 e. The van der Waals surface area contributed by atoms with Crippen LogP contribution in [0.2, 0.25) is 0 Å². The van der Waals surface area contributed by atoms with E-state index in [0.717, 1.165) is 38.2 Å². The normalized spacial score (nSPS) is 21.4. The average Bonchev–Trinajstić information content (AvgIpc) is 3.25. The predicted octanol–water partition coefficient (Wildman–Crippen LogP) is 2.46. The standard InChI is InChI=1S/C18H27N3O3.2C2HF3O2/c1-13-8-14(10-19-9-13)18(22)21-5-4-17(24-3)15-11-20(6-7-23-2)12-16(15)21;2*3-2(4,5)1(6)7/h8-10,15-17H,4-7,11-12H2,1-3H3;2*(H,6,7)/t15-,16+,17-;;/m0../s1. The summed E-state index contributed by atoms with van der Waals surface area (Å²) in [5.41, 5.74) is 1.69. The number of carboxylic acids is 2. The second kappa shape index (κ2) is 14.2. The Morgan fingerprint density at radius 3 is 2.03 bits per heavy atom. The molecular weight excluding hydrogens is 532 g/mol. The van der Waals surface area contributed by atoms with Gasteiger partial charge < -0.3 is 24.6 Å². The van der Waals surface area contributed by atoms with E-state index in [1.807, 2.05) is 17.9 Å². The highest BCUT2D eigenvalue weighted by Crippen LogP contribution is 2.33. The number of aliphatic carboxylic acids is 2. The van der Waals surface area contributed by atoms with Gasteiger partial charge in [0.1, 0.15) is 0 Å². The Bertz CT molecular complexity index is 921. The molecule has 0 aliphatic carbocycles. The molecule has 2 fully saturated rings. The zero-order valence-electron chi connectivity index (χ0n) is 20.8. The molecule has 2 aliphatic rings. The van der Waals surface area contributed by atoms with Crippen LogP contribution < -0.4 is 0 Å². The third kappa shape index (κ3) is 10.1. The van der Waals surface area contributed by atoms with Crippen molar-refractivity contribution in [1.29, 1.82) is 0 Å². The molecule has 0 radical (unpaired) electrons. The van der Waals surface area contributed by atoms with Crippen molar-refractivity contribution < 1.29 is 60.4 Å². The number of aromatic nitrogens is 1. The molecule has 0 unspecified atom stereocenters. The van der Waals surface area contributed by atoms with E-state index in [1.54, 1.807) is 26.6 Å². The van der Waals surface area contributed by atoms with Crippen molar-refractivity contribution >= 4 is 17.8 Å². The van der Waals surface area contributed by atoms with Crippen molar-refractivity contribution in [2.24, 2.45) is 5.92 Å². The number of carbonyl (C=O) groups is 3. The first-order valence-corrected chi connectivity index (χ1v) is 11.1. The molecule has 10 nitrogen and oxygen atoms in total. The second-order valence-electron chi connectivity index (χ2n) is 8.40. The summed E-state index contributed by atoms with van der Waals surface area (Å²) >= 11 is 0. The number of amides is 1. The number of alkyl halides is 6. The first kappa shape index (κ1) is 33.0. The monoisotopic (exact) mass is 561 g/mol. The Labute approximate surface area is 214 Å². The number of carboxylic acid groups (broad SMARTS) is 2. The highest BCUT2D eigenvalue weighted by Gasteiger charge is 2.46. The minimum atomic E-state index is -5.08. The molecule has 0 spiro atoms. The van der Waals surface area contributed by atoms with Crippen LogP contribution in [0.5, 0.6) is 0 Å². The Kier molecular flexibility index (Phi) is 12.4. The number of nitrogens with zero attached hydrogens (tertiary/aromatic N) is 3. The fourth-order valence-electron chi connectivity index (χ4n) is 4.02. The fraction of sp³-hybridized carbons (Fsp3) is 0.636. The molecule has 1 aromatic rings. The van der Waals surface area contributed by atoms with Crippen molar-refractivity contribution in [1.82, 2.24) is 14.8 Å². The number of aryl methyl sites for hydroxylation is 1. The van der Waals surface area contributed by atoms with E-state index in [2.05, 4.69) is 9.88 Å². The Morgan fingerprint density at radius 1 is 1.03 bits per heavy atom. The fourth-order valence-corrected chi connectivity index (χ4v) is 4.02. The van der Waals surface area contributed by atoms with Gasteiger partial charge in [-0.3, -0.25) is 14.7 Å². The number of halogens is 6. The number of carbonyl (C=O) groups excluding carboxylic acids is 1. The van der Waals surface area contributed by atoms with E-state index >= 15 is 0 Å². The van der Waals surface area contributed by atoms with E-state index in [-0.39, 0.29) is 18.1 Å². The van der Waals surface area contributed by atoms with Crippen molar-refractivity contribution in [3.8, 4) is 0 Å². The molecule has 3 rings (SSSR count). The van der Waals surface area contributed by atoms with Crippen LogP contribution in [0, 0.1) is 12.8 Å². The molecule has 2 aliphatic heterocycles. The van der Waals surface area contributed by atoms with Gasteiger partial charge in [0.2, 0.25) is 0 Å². The number of pyridine rings is 1. The maximum Gasteiger partial charge on any atom is 0.490 e. The van der Waals surface area contributed by atoms with E-state index in [1.165, 1.54) is 0 Å². The highest BCUT2D eigenvalue weighted by atomic mass is 19.4. The molecule has 216 valence electrons. The summed E-state index contributed by atoms with van der Waals surface area (Å²) in [7, 11) is 3.50. The Morgan fingerprint density at radius 2 is 1.58 bits per heavy atom. The lowest BCUT2D eigenvalue weighted by molar-refractivity contribution is -0.193. The molecular formula is C22H29F6N3O7. The first-order chi connectivity index (χ1) is 17.5. The van der Waals surface area contributed by atoms with Gasteiger partial charge in [-0.2, -0.15) is 26.3 Å². The first-order valence-electron chi connectivity index (χ1n) is 11.1. The predicted molar refractivity (Wildman–Crippen MR) is 118 cm³/mol. The number of methoxy groups -OCH3 is 2. The maximum absolute atomic E-state index is 13.0. The Balaban J connectivity index is 0.000000426. The minimum Gasteiger partial charge on any atom is -0.475 e. The van der Waals surface area contributed by atoms with Gasteiger partial charge in [0.25, 0.3) is 5.91 Å². The summed E-state index contributed by atoms with van der Waals surface area (Å²) in [5, 5.41) is 14.2. The number of piperidine rings is 1. The van der Waals surface area contributed by atoms with Gasteiger partial charge in [0.15, 0.2) is 0 Å². The van der Waals surface area contributed by atoms with Crippen LogP contribution in [0.3, 0.4) is 0 Å². The van der Waals surface area contributed by atoms with Gasteiger partial charge in [-0.05, 0) is 25.0 Å². The summed E-state index contributed by atoms with van der Waals surface area (Å²) in [5.74, 6) is -5.06. The van der Waals surface area contributed by atoms with Gasteiger partial charge in [-0.1, -0.05) is 0 Å². The number of rotatable bonds is 5.